The van der Waals surface area contributed by atoms with E-state index in [1.807, 2.05) is 24.4 Å². The molecule has 0 saturated carbocycles. The Balaban J connectivity index is 0.00000240. The van der Waals surface area contributed by atoms with E-state index in [9.17, 15) is 4.39 Å². The van der Waals surface area contributed by atoms with Gasteiger partial charge in [-0.2, -0.15) is 0 Å². The molecule has 2 aromatic rings. The number of benzene rings is 2. The number of dihydropyridines is 1. The van der Waals surface area contributed by atoms with Crippen LogP contribution in [0.2, 0.25) is 0 Å². The van der Waals surface area contributed by atoms with Crippen LogP contribution in [0.5, 0.6) is 0 Å². The minimum atomic E-state index is -0.213. The van der Waals surface area contributed by atoms with Gasteiger partial charge in [0.25, 0.3) is 0 Å². The fraction of sp³-hybridized carbons (Fsp3) is 0.304. The van der Waals surface area contributed by atoms with Crippen molar-refractivity contribution in [1.29, 1.82) is 0 Å². The van der Waals surface area contributed by atoms with Gasteiger partial charge in [0.15, 0.2) is 0 Å². The largest absolute Gasteiger partial charge is 0.374 e. The lowest BCUT2D eigenvalue weighted by molar-refractivity contribution is 0.396. The van der Waals surface area contributed by atoms with Gasteiger partial charge in [-0.25, -0.2) is 4.39 Å². The van der Waals surface area contributed by atoms with Crippen LogP contribution >= 0.6 is 12.4 Å². The van der Waals surface area contributed by atoms with Crippen LogP contribution in [0, 0.1) is 5.82 Å². The van der Waals surface area contributed by atoms with Crippen molar-refractivity contribution in [2.75, 3.05) is 32.1 Å². The molecule has 2 heterocycles. The number of fused-ring (bicyclic) bond motifs is 2. The van der Waals surface area contributed by atoms with Crippen LogP contribution in [0.15, 0.2) is 72.6 Å². The molecule has 0 bridgehead atoms. The molecule has 2 aromatic carbocycles. The van der Waals surface area contributed by atoms with Crippen LogP contribution in [0.1, 0.15) is 23.6 Å². The molecular formula is C23H28ClFN4. The molecule has 0 aromatic heterocycles. The zero-order valence-corrected chi connectivity index (χ0v) is 17.6. The lowest BCUT2D eigenvalue weighted by Gasteiger charge is -2.35. The average molecular weight is 415 g/mol. The molecular weight excluding hydrogens is 387 g/mol. The van der Waals surface area contributed by atoms with Crippen LogP contribution in [0.25, 0.3) is 0 Å². The molecule has 2 aliphatic rings. The Bertz CT molecular complexity index is 879. The maximum Gasteiger partial charge on any atom is 0.140 e. The summed E-state index contributed by atoms with van der Waals surface area (Å²) in [6.07, 6.45) is 7.27. The maximum atomic E-state index is 13.5. The predicted molar refractivity (Wildman–Crippen MR) is 120 cm³/mol. The Hall–Kier alpha value is -2.50. The van der Waals surface area contributed by atoms with Gasteiger partial charge in [-0.3, -0.25) is 0 Å². The quantitative estimate of drug-likeness (QED) is 0.773. The SMILES string of the molecule is CN(C)CCCN1c2ccccc2C(c2ccc(F)cc2)NC2=CC=CNC21.Cl. The van der Waals surface area contributed by atoms with Gasteiger partial charge >= 0.3 is 0 Å². The van der Waals surface area contributed by atoms with Gasteiger partial charge in [-0.1, -0.05) is 30.3 Å². The van der Waals surface area contributed by atoms with Gasteiger partial charge in [0, 0.05) is 17.8 Å². The van der Waals surface area contributed by atoms with E-state index < -0.39 is 0 Å². The number of para-hydroxylation sites is 1. The highest BCUT2D eigenvalue weighted by molar-refractivity contribution is 5.85. The molecule has 0 saturated heterocycles. The van der Waals surface area contributed by atoms with Crippen LogP contribution in [-0.2, 0) is 0 Å². The van der Waals surface area contributed by atoms with Gasteiger partial charge in [-0.15, -0.1) is 12.4 Å². The molecule has 2 atom stereocenters. The number of anilines is 1. The van der Waals surface area contributed by atoms with E-state index in [1.54, 1.807) is 0 Å². The third kappa shape index (κ3) is 4.57. The van der Waals surface area contributed by atoms with E-state index in [4.69, 9.17) is 0 Å². The summed E-state index contributed by atoms with van der Waals surface area (Å²) in [6, 6.07) is 15.3. The minimum Gasteiger partial charge on any atom is -0.374 e. The van der Waals surface area contributed by atoms with Crippen molar-refractivity contribution in [3.05, 3.63) is 89.5 Å². The summed E-state index contributed by atoms with van der Waals surface area (Å²) in [5.41, 5.74) is 4.59. The smallest absolute Gasteiger partial charge is 0.140 e. The first-order valence-electron chi connectivity index (χ1n) is 9.78. The number of nitrogens with one attached hydrogen (secondary N) is 2. The van der Waals surface area contributed by atoms with Crippen molar-refractivity contribution in [2.45, 2.75) is 18.6 Å². The summed E-state index contributed by atoms with van der Waals surface area (Å²) in [5, 5.41) is 7.22. The highest BCUT2D eigenvalue weighted by Gasteiger charge is 2.32. The number of halogens is 2. The van der Waals surface area contributed by atoms with E-state index in [-0.39, 0.29) is 30.4 Å². The van der Waals surface area contributed by atoms with E-state index in [0.717, 1.165) is 30.8 Å². The molecule has 2 unspecified atom stereocenters. The second kappa shape index (κ2) is 9.33. The Morgan fingerprint density at radius 1 is 1.07 bits per heavy atom. The molecule has 4 nitrogen and oxygen atoms in total. The highest BCUT2D eigenvalue weighted by atomic mass is 35.5. The molecule has 0 fully saturated rings. The lowest BCUT2D eigenvalue weighted by atomic mass is 9.97. The predicted octanol–water partition coefficient (Wildman–Crippen LogP) is 4.03. The molecule has 0 spiro atoms. The van der Waals surface area contributed by atoms with Crippen molar-refractivity contribution in [2.24, 2.45) is 0 Å². The van der Waals surface area contributed by atoms with Crippen LogP contribution < -0.4 is 15.5 Å². The summed E-state index contributed by atoms with van der Waals surface area (Å²) in [5.74, 6) is -0.213. The third-order valence-electron chi connectivity index (χ3n) is 5.31. The number of hydrogen-bond donors (Lipinski definition) is 2. The van der Waals surface area contributed by atoms with E-state index in [0.29, 0.717) is 0 Å². The van der Waals surface area contributed by atoms with Crippen molar-refractivity contribution in [1.82, 2.24) is 15.5 Å². The van der Waals surface area contributed by atoms with E-state index in [1.165, 1.54) is 23.4 Å². The molecule has 2 N–H and O–H groups in total. The number of nitrogens with zero attached hydrogens (tertiary/aromatic N) is 2. The summed E-state index contributed by atoms with van der Waals surface area (Å²) >= 11 is 0. The molecule has 154 valence electrons. The number of allylic oxidation sites excluding steroid dienone is 2. The molecule has 29 heavy (non-hydrogen) atoms. The molecule has 2 aliphatic heterocycles. The van der Waals surface area contributed by atoms with Gasteiger partial charge in [0.2, 0.25) is 0 Å². The molecule has 6 heteroatoms. The first-order valence-corrected chi connectivity index (χ1v) is 9.78. The molecule has 0 amide bonds. The Morgan fingerprint density at radius 3 is 2.59 bits per heavy atom. The minimum absolute atomic E-state index is 0. The third-order valence-corrected chi connectivity index (χ3v) is 5.31. The second-order valence-electron chi connectivity index (χ2n) is 7.59. The summed E-state index contributed by atoms with van der Waals surface area (Å²) < 4.78 is 13.5. The van der Waals surface area contributed by atoms with E-state index in [2.05, 4.69) is 64.9 Å². The van der Waals surface area contributed by atoms with Crippen LogP contribution in [-0.4, -0.2) is 38.3 Å². The standard InChI is InChI=1S/C23H27FN4.ClH/c1-27(2)15-6-16-28-21-9-4-3-7-19(21)22(17-10-12-18(24)13-11-17)26-20-8-5-14-25-23(20)28;/h3-5,7-14,22-23,25-26H,6,15-16H2,1-2H3;1H. The first kappa shape index (κ1) is 21.2. The van der Waals surface area contributed by atoms with Gasteiger partial charge in [-0.05, 0) is 69.2 Å². The lowest BCUT2D eigenvalue weighted by Crippen LogP contribution is -2.48. The maximum absolute atomic E-state index is 13.5. The first-order chi connectivity index (χ1) is 13.6. The van der Waals surface area contributed by atoms with Gasteiger partial charge < -0.3 is 20.4 Å². The topological polar surface area (TPSA) is 30.5 Å². The summed E-state index contributed by atoms with van der Waals surface area (Å²) in [6.45, 7) is 1.98. The molecule has 0 radical (unpaired) electrons. The van der Waals surface area contributed by atoms with Crippen molar-refractivity contribution >= 4 is 18.1 Å². The fourth-order valence-electron chi connectivity index (χ4n) is 3.97. The second-order valence-corrected chi connectivity index (χ2v) is 7.59. The van der Waals surface area contributed by atoms with Crippen molar-refractivity contribution < 1.29 is 4.39 Å². The van der Waals surface area contributed by atoms with Crippen LogP contribution in [0.4, 0.5) is 10.1 Å². The number of rotatable bonds is 5. The normalized spacial score (nSPS) is 19.9. The van der Waals surface area contributed by atoms with Crippen molar-refractivity contribution in [3.63, 3.8) is 0 Å². The highest BCUT2D eigenvalue weighted by Crippen LogP contribution is 2.37. The van der Waals surface area contributed by atoms with Crippen LogP contribution in [0.3, 0.4) is 0 Å². The molecule has 0 aliphatic carbocycles. The Morgan fingerprint density at radius 2 is 1.83 bits per heavy atom. The van der Waals surface area contributed by atoms with Crippen molar-refractivity contribution in [3.8, 4) is 0 Å². The number of hydrogen-bond acceptors (Lipinski definition) is 4. The monoisotopic (exact) mass is 414 g/mol. The van der Waals surface area contributed by atoms with Gasteiger partial charge in [0.1, 0.15) is 12.0 Å². The Kier molecular flexibility index (Phi) is 6.83. The summed E-state index contributed by atoms with van der Waals surface area (Å²) in [7, 11) is 4.21. The fourth-order valence-corrected chi connectivity index (χ4v) is 3.97. The zero-order valence-electron chi connectivity index (χ0n) is 16.8. The zero-order chi connectivity index (χ0) is 19.5. The Labute approximate surface area is 178 Å². The van der Waals surface area contributed by atoms with E-state index >= 15 is 0 Å². The summed E-state index contributed by atoms with van der Waals surface area (Å²) in [4.78, 5) is 4.65. The van der Waals surface area contributed by atoms with Gasteiger partial charge in [0.05, 0.1) is 11.7 Å². The molecule has 4 rings (SSSR count). The average Bonchev–Trinajstić information content (AvgIpc) is 2.84.